The van der Waals surface area contributed by atoms with Crippen molar-refractivity contribution in [2.24, 2.45) is 11.8 Å². The first-order valence-electron chi connectivity index (χ1n) is 8.08. The lowest BCUT2D eigenvalue weighted by Gasteiger charge is -2.35. The Bertz CT molecular complexity index is 504. The highest BCUT2D eigenvalue weighted by Crippen LogP contribution is 2.40. The van der Waals surface area contributed by atoms with E-state index in [-0.39, 0.29) is 12.0 Å². The average molecular weight is 290 g/mol. The van der Waals surface area contributed by atoms with Gasteiger partial charge in [0.1, 0.15) is 0 Å². The Morgan fingerprint density at radius 3 is 3.00 bits per heavy atom. The van der Waals surface area contributed by atoms with Crippen molar-refractivity contribution >= 4 is 5.91 Å². The van der Waals surface area contributed by atoms with Crippen molar-refractivity contribution in [1.29, 1.82) is 0 Å². The number of hydrogen-bond acceptors (Lipinski definition) is 4. The second-order valence-corrected chi connectivity index (χ2v) is 6.63. The third-order valence-electron chi connectivity index (χ3n) is 5.17. The van der Waals surface area contributed by atoms with Crippen molar-refractivity contribution in [3.63, 3.8) is 0 Å². The molecule has 4 heterocycles. The standard InChI is InChI=1S/C15H22N4O2/c20-15(13-8-12-3-4-14(13)21-12)18-6-1-2-11(9-18)10-19-7-5-16-17-19/h5,7,11-14H,1-4,6,8-10H2/t11?,12-,13-,14+/m1/s1. The van der Waals surface area contributed by atoms with Crippen LogP contribution in [0, 0.1) is 11.8 Å². The van der Waals surface area contributed by atoms with E-state index in [1.54, 1.807) is 6.20 Å². The smallest absolute Gasteiger partial charge is 0.228 e. The second kappa shape index (κ2) is 5.40. The van der Waals surface area contributed by atoms with Crippen LogP contribution in [-0.4, -0.2) is 51.1 Å². The number of aromatic nitrogens is 3. The number of ether oxygens (including phenoxy) is 1. The number of hydrogen-bond donors (Lipinski definition) is 0. The van der Waals surface area contributed by atoms with Gasteiger partial charge in [0, 0.05) is 25.8 Å². The minimum absolute atomic E-state index is 0.119. The highest BCUT2D eigenvalue weighted by molar-refractivity contribution is 5.80. The van der Waals surface area contributed by atoms with Gasteiger partial charge in [-0.05, 0) is 38.0 Å². The predicted octanol–water partition coefficient (Wildman–Crippen LogP) is 1.08. The number of amides is 1. The van der Waals surface area contributed by atoms with Gasteiger partial charge in [-0.1, -0.05) is 5.21 Å². The SMILES string of the molecule is O=C([C@@H]1C[C@H]2CC[C@@H]1O2)N1CCCC(Cn2ccnn2)C1. The van der Waals surface area contributed by atoms with Crippen molar-refractivity contribution in [2.75, 3.05) is 13.1 Å². The minimum Gasteiger partial charge on any atom is -0.374 e. The molecule has 114 valence electrons. The molecule has 0 saturated carbocycles. The largest absolute Gasteiger partial charge is 0.374 e. The molecular weight excluding hydrogens is 268 g/mol. The van der Waals surface area contributed by atoms with E-state index < -0.39 is 0 Å². The average Bonchev–Trinajstić information content (AvgIpc) is 3.24. The van der Waals surface area contributed by atoms with Crippen LogP contribution in [0.4, 0.5) is 0 Å². The van der Waals surface area contributed by atoms with Gasteiger partial charge in [0.15, 0.2) is 0 Å². The fraction of sp³-hybridized carbons (Fsp3) is 0.800. The van der Waals surface area contributed by atoms with Gasteiger partial charge in [0.25, 0.3) is 0 Å². The topological polar surface area (TPSA) is 60.2 Å². The summed E-state index contributed by atoms with van der Waals surface area (Å²) in [5.74, 6) is 0.934. The molecule has 0 spiro atoms. The maximum Gasteiger partial charge on any atom is 0.228 e. The lowest BCUT2D eigenvalue weighted by Crippen LogP contribution is -2.46. The van der Waals surface area contributed by atoms with E-state index >= 15 is 0 Å². The molecule has 1 aromatic heterocycles. The highest BCUT2D eigenvalue weighted by Gasteiger charge is 2.46. The summed E-state index contributed by atoms with van der Waals surface area (Å²) in [6, 6.07) is 0. The zero-order chi connectivity index (χ0) is 14.2. The Hall–Kier alpha value is -1.43. The first-order chi connectivity index (χ1) is 10.3. The van der Waals surface area contributed by atoms with Crippen molar-refractivity contribution in [3.05, 3.63) is 12.4 Å². The Labute approximate surface area is 124 Å². The molecule has 6 heteroatoms. The van der Waals surface area contributed by atoms with Crippen molar-refractivity contribution in [1.82, 2.24) is 19.9 Å². The van der Waals surface area contributed by atoms with Crippen LogP contribution in [0.25, 0.3) is 0 Å². The maximum absolute atomic E-state index is 12.7. The summed E-state index contributed by atoms with van der Waals surface area (Å²) < 4.78 is 7.71. The third kappa shape index (κ3) is 2.57. The first-order valence-corrected chi connectivity index (χ1v) is 8.08. The monoisotopic (exact) mass is 290 g/mol. The molecule has 4 atom stereocenters. The van der Waals surface area contributed by atoms with Gasteiger partial charge in [-0.2, -0.15) is 0 Å². The normalized spacial score (nSPS) is 35.3. The van der Waals surface area contributed by atoms with Crippen LogP contribution in [0.5, 0.6) is 0 Å². The summed E-state index contributed by atoms with van der Waals surface area (Å²) in [5.41, 5.74) is 0. The molecule has 21 heavy (non-hydrogen) atoms. The van der Waals surface area contributed by atoms with Gasteiger partial charge in [-0.15, -0.1) is 5.10 Å². The Morgan fingerprint density at radius 1 is 1.33 bits per heavy atom. The van der Waals surface area contributed by atoms with Gasteiger partial charge in [0.2, 0.25) is 5.91 Å². The molecule has 0 aliphatic carbocycles. The molecule has 1 unspecified atom stereocenters. The minimum atomic E-state index is 0.119. The number of rotatable bonds is 3. The highest BCUT2D eigenvalue weighted by atomic mass is 16.5. The zero-order valence-corrected chi connectivity index (χ0v) is 12.2. The molecule has 1 aromatic rings. The van der Waals surface area contributed by atoms with Crippen LogP contribution in [0.1, 0.15) is 32.1 Å². The number of piperidine rings is 1. The summed E-state index contributed by atoms with van der Waals surface area (Å²) in [4.78, 5) is 14.8. The molecule has 3 aliphatic heterocycles. The van der Waals surface area contributed by atoms with E-state index in [1.807, 2.05) is 10.9 Å². The zero-order valence-electron chi connectivity index (χ0n) is 12.2. The van der Waals surface area contributed by atoms with Crippen molar-refractivity contribution in [2.45, 2.75) is 50.9 Å². The van der Waals surface area contributed by atoms with Gasteiger partial charge >= 0.3 is 0 Å². The number of carbonyl (C=O) groups excluding carboxylic acids is 1. The van der Waals surface area contributed by atoms with Gasteiger partial charge in [0.05, 0.1) is 24.3 Å². The number of nitrogens with zero attached hydrogens (tertiary/aromatic N) is 4. The fourth-order valence-corrected chi connectivity index (χ4v) is 4.14. The maximum atomic E-state index is 12.7. The third-order valence-corrected chi connectivity index (χ3v) is 5.17. The van der Waals surface area contributed by atoms with Crippen LogP contribution in [-0.2, 0) is 16.1 Å². The van der Waals surface area contributed by atoms with Crippen LogP contribution >= 0.6 is 0 Å². The fourth-order valence-electron chi connectivity index (χ4n) is 4.14. The van der Waals surface area contributed by atoms with Gasteiger partial charge < -0.3 is 9.64 Å². The van der Waals surface area contributed by atoms with E-state index in [9.17, 15) is 4.79 Å². The Kier molecular flexibility index (Phi) is 3.41. The lowest BCUT2D eigenvalue weighted by molar-refractivity contribution is -0.139. The van der Waals surface area contributed by atoms with Crippen LogP contribution in [0.15, 0.2) is 12.4 Å². The molecule has 3 saturated heterocycles. The summed E-state index contributed by atoms with van der Waals surface area (Å²) in [7, 11) is 0. The molecule has 6 nitrogen and oxygen atoms in total. The molecule has 1 amide bonds. The first kappa shape index (κ1) is 13.2. The molecule has 4 rings (SSSR count). The van der Waals surface area contributed by atoms with Gasteiger partial charge in [-0.25, -0.2) is 0 Å². The molecule has 3 aliphatic rings. The predicted molar refractivity (Wildman–Crippen MR) is 75.3 cm³/mol. The molecule has 0 N–H and O–H groups in total. The van der Waals surface area contributed by atoms with Gasteiger partial charge in [-0.3, -0.25) is 9.48 Å². The summed E-state index contributed by atoms with van der Waals surface area (Å²) >= 11 is 0. The quantitative estimate of drug-likeness (QED) is 0.836. The number of carbonyl (C=O) groups is 1. The lowest BCUT2D eigenvalue weighted by atomic mass is 9.87. The van der Waals surface area contributed by atoms with Crippen LogP contribution in [0.2, 0.25) is 0 Å². The summed E-state index contributed by atoms with van der Waals surface area (Å²) in [5, 5.41) is 7.88. The Balaban J connectivity index is 1.37. The van der Waals surface area contributed by atoms with E-state index in [4.69, 9.17) is 4.74 Å². The van der Waals surface area contributed by atoms with Crippen molar-refractivity contribution in [3.8, 4) is 0 Å². The molecule has 0 radical (unpaired) electrons. The molecular formula is C15H22N4O2. The summed E-state index contributed by atoms with van der Waals surface area (Å²) in [6.07, 6.45) is 9.54. The molecule has 0 aromatic carbocycles. The number of likely N-dealkylation sites (tertiary alicyclic amines) is 1. The van der Waals surface area contributed by atoms with Crippen LogP contribution < -0.4 is 0 Å². The van der Waals surface area contributed by atoms with E-state index in [0.717, 1.165) is 51.7 Å². The molecule has 3 fully saturated rings. The number of fused-ring (bicyclic) bond motifs is 2. The van der Waals surface area contributed by atoms with Crippen LogP contribution in [0.3, 0.4) is 0 Å². The summed E-state index contributed by atoms with van der Waals surface area (Å²) in [6.45, 7) is 2.62. The molecule has 2 bridgehead atoms. The Morgan fingerprint density at radius 2 is 2.29 bits per heavy atom. The van der Waals surface area contributed by atoms with E-state index in [0.29, 0.717) is 17.9 Å². The van der Waals surface area contributed by atoms with E-state index in [1.165, 1.54) is 0 Å². The second-order valence-electron chi connectivity index (χ2n) is 6.63. The van der Waals surface area contributed by atoms with Crippen molar-refractivity contribution < 1.29 is 9.53 Å². The van der Waals surface area contributed by atoms with E-state index in [2.05, 4.69) is 15.2 Å².